The lowest BCUT2D eigenvalue weighted by Gasteiger charge is -2.19. The number of sulfone groups is 1. The molecule has 4 rings (SSSR count). The lowest BCUT2D eigenvalue weighted by molar-refractivity contribution is 0.0689. The van der Waals surface area contributed by atoms with Crippen LogP contribution in [-0.4, -0.2) is 29.3 Å². The maximum atomic E-state index is 13.8. The summed E-state index contributed by atoms with van der Waals surface area (Å²) < 4.78 is 40.2. The van der Waals surface area contributed by atoms with Crippen molar-refractivity contribution in [1.29, 1.82) is 0 Å². The summed E-state index contributed by atoms with van der Waals surface area (Å²) in [5.74, 6) is -2.43. The van der Waals surface area contributed by atoms with Crippen LogP contribution in [0.25, 0.3) is 16.9 Å². The van der Waals surface area contributed by atoms with E-state index in [1.807, 2.05) is 0 Å². The van der Waals surface area contributed by atoms with Crippen LogP contribution in [0.1, 0.15) is 16.1 Å². The summed E-state index contributed by atoms with van der Waals surface area (Å²) in [5, 5.41) is 13.5. The molecular formula is C17H11FN2O4S. The van der Waals surface area contributed by atoms with Crippen molar-refractivity contribution in [3.8, 4) is 16.9 Å². The first kappa shape index (κ1) is 15.5. The Kier molecular flexibility index (Phi) is 3.26. The van der Waals surface area contributed by atoms with Gasteiger partial charge in [-0.05, 0) is 30.3 Å². The summed E-state index contributed by atoms with van der Waals surface area (Å²) in [6.07, 6.45) is 0. The number of benzene rings is 2. The first-order valence-electron chi connectivity index (χ1n) is 7.32. The molecule has 0 fully saturated rings. The SMILES string of the molecule is O=C(O)c1nn(-c2ccccc2)c2c1CS(=O)(=O)c1ccc(F)cc1-2. The van der Waals surface area contributed by atoms with Crippen LogP contribution in [0.5, 0.6) is 0 Å². The number of carbonyl (C=O) groups is 1. The standard InChI is InChI=1S/C17H11FN2O4S/c18-10-6-7-14-12(8-10)16-13(9-25(14,23)24)15(17(21)22)19-20(16)11-4-2-1-3-5-11/h1-8H,9H2,(H,21,22). The third kappa shape index (κ3) is 2.33. The quantitative estimate of drug-likeness (QED) is 0.712. The minimum atomic E-state index is -3.78. The number of rotatable bonds is 2. The molecule has 0 atom stereocenters. The van der Waals surface area contributed by atoms with E-state index < -0.39 is 27.4 Å². The molecule has 0 saturated heterocycles. The van der Waals surface area contributed by atoms with Crippen LogP contribution in [0.4, 0.5) is 4.39 Å². The van der Waals surface area contributed by atoms with E-state index >= 15 is 0 Å². The Morgan fingerprint density at radius 3 is 2.56 bits per heavy atom. The highest BCUT2D eigenvalue weighted by Gasteiger charge is 2.36. The molecular weight excluding hydrogens is 347 g/mol. The predicted octanol–water partition coefficient (Wildman–Crippen LogP) is 2.66. The topological polar surface area (TPSA) is 89.3 Å². The molecule has 0 unspecified atom stereocenters. The van der Waals surface area contributed by atoms with Crippen LogP contribution in [0, 0.1) is 5.82 Å². The van der Waals surface area contributed by atoms with Crippen molar-refractivity contribution < 1.29 is 22.7 Å². The molecule has 0 aliphatic carbocycles. The van der Waals surface area contributed by atoms with Gasteiger partial charge in [-0.25, -0.2) is 22.3 Å². The van der Waals surface area contributed by atoms with Gasteiger partial charge in [0, 0.05) is 11.1 Å². The normalized spacial score (nSPS) is 14.6. The molecule has 1 aliphatic heterocycles. The molecule has 0 radical (unpaired) electrons. The third-order valence-corrected chi connectivity index (χ3v) is 5.75. The molecule has 8 heteroatoms. The first-order chi connectivity index (χ1) is 11.9. The lowest BCUT2D eigenvalue weighted by Crippen LogP contribution is -2.15. The largest absolute Gasteiger partial charge is 0.476 e. The van der Waals surface area contributed by atoms with Crippen molar-refractivity contribution in [1.82, 2.24) is 9.78 Å². The van der Waals surface area contributed by atoms with Gasteiger partial charge >= 0.3 is 5.97 Å². The molecule has 1 aromatic heterocycles. The lowest BCUT2D eigenvalue weighted by atomic mass is 10.1. The molecule has 0 spiro atoms. The van der Waals surface area contributed by atoms with Crippen molar-refractivity contribution in [3.05, 3.63) is 65.6 Å². The van der Waals surface area contributed by atoms with Crippen LogP contribution < -0.4 is 0 Å². The van der Waals surface area contributed by atoms with E-state index in [9.17, 15) is 22.7 Å². The van der Waals surface area contributed by atoms with Crippen molar-refractivity contribution in [2.24, 2.45) is 0 Å². The van der Waals surface area contributed by atoms with Crippen LogP contribution in [-0.2, 0) is 15.6 Å². The molecule has 0 bridgehead atoms. The Bertz CT molecular complexity index is 1120. The summed E-state index contributed by atoms with van der Waals surface area (Å²) in [5.41, 5.74) is 0.672. The van der Waals surface area contributed by atoms with E-state index in [2.05, 4.69) is 5.10 Å². The van der Waals surface area contributed by atoms with E-state index in [0.29, 0.717) is 5.69 Å². The van der Waals surface area contributed by atoms with Gasteiger partial charge < -0.3 is 5.11 Å². The zero-order valence-electron chi connectivity index (χ0n) is 12.7. The van der Waals surface area contributed by atoms with Crippen molar-refractivity contribution in [2.75, 3.05) is 0 Å². The van der Waals surface area contributed by atoms with Gasteiger partial charge in [-0.3, -0.25) is 0 Å². The highest BCUT2D eigenvalue weighted by molar-refractivity contribution is 7.90. The number of nitrogens with zero attached hydrogens (tertiary/aromatic N) is 2. The fourth-order valence-corrected chi connectivity index (χ4v) is 4.59. The van der Waals surface area contributed by atoms with E-state index in [4.69, 9.17) is 0 Å². The smallest absolute Gasteiger partial charge is 0.356 e. The Morgan fingerprint density at radius 2 is 1.88 bits per heavy atom. The monoisotopic (exact) mass is 358 g/mol. The second-order valence-electron chi connectivity index (χ2n) is 5.63. The van der Waals surface area contributed by atoms with Gasteiger partial charge in [-0.2, -0.15) is 5.10 Å². The van der Waals surface area contributed by atoms with Crippen molar-refractivity contribution >= 4 is 15.8 Å². The second kappa shape index (κ2) is 5.25. The molecule has 2 heterocycles. The number of halogens is 1. The average molecular weight is 358 g/mol. The zero-order valence-corrected chi connectivity index (χ0v) is 13.5. The van der Waals surface area contributed by atoms with Crippen LogP contribution in [0.15, 0.2) is 53.4 Å². The Balaban J connectivity index is 2.13. The third-order valence-electron chi connectivity index (χ3n) is 4.05. The number of aromatic carboxylic acids is 1. The van der Waals surface area contributed by atoms with Gasteiger partial charge in [0.1, 0.15) is 5.82 Å². The van der Waals surface area contributed by atoms with E-state index in [-0.39, 0.29) is 27.4 Å². The second-order valence-corrected chi connectivity index (χ2v) is 7.59. The summed E-state index contributed by atoms with van der Waals surface area (Å²) >= 11 is 0. The van der Waals surface area contributed by atoms with E-state index in [1.165, 1.54) is 10.7 Å². The molecule has 1 N–H and O–H groups in total. The minimum absolute atomic E-state index is 0.0320. The number of para-hydroxylation sites is 1. The fourth-order valence-electron chi connectivity index (χ4n) is 3.02. The summed E-state index contributed by atoms with van der Waals surface area (Å²) in [6, 6.07) is 12.1. The van der Waals surface area contributed by atoms with Gasteiger partial charge in [0.2, 0.25) is 0 Å². The zero-order chi connectivity index (χ0) is 17.8. The predicted molar refractivity (Wildman–Crippen MR) is 86.8 cm³/mol. The molecule has 3 aromatic rings. The number of fused-ring (bicyclic) bond motifs is 3. The van der Waals surface area contributed by atoms with Crippen LogP contribution in [0.2, 0.25) is 0 Å². The number of hydrogen-bond acceptors (Lipinski definition) is 4. The molecule has 25 heavy (non-hydrogen) atoms. The first-order valence-corrected chi connectivity index (χ1v) is 8.97. The molecule has 0 amide bonds. The van der Waals surface area contributed by atoms with Crippen molar-refractivity contribution in [2.45, 2.75) is 10.6 Å². The van der Waals surface area contributed by atoms with Gasteiger partial charge in [0.05, 0.1) is 22.0 Å². The van der Waals surface area contributed by atoms with Crippen molar-refractivity contribution in [3.63, 3.8) is 0 Å². The number of carboxylic acids is 1. The van der Waals surface area contributed by atoms with Gasteiger partial charge in [0.25, 0.3) is 0 Å². The minimum Gasteiger partial charge on any atom is -0.476 e. The summed E-state index contributed by atoms with van der Waals surface area (Å²) in [6.45, 7) is 0. The molecule has 6 nitrogen and oxygen atoms in total. The van der Waals surface area contributed by atoms with Crippen LogP contribution >= 0.6 is 0 Å². The number of carboxylic acid groups (broad SMARTS) is 1. The Hall–Kier alpha value is -3.00. The Labute approximate surface area is 142 Å². The molecule has 0 saturated carbocycles. The molecule has 2 aromatic carbocycles. The fraction of sp³-hybridized carbons (Fsp3) is 0.0588. The summed E-state index contributed by atoms with van der Waals surface area (Å²) in [7, 11) is -3.78. The highest BCUT2D eigenvalue weighted by Crippen LogP contribution is 2.40. The van der Waals surface area contributed by atoms with E-state index in [1.54, 1.807) is 30.3 Å². The molecule has 1 aliphatic rings. The number of aromatic nitrogens is 2. The Morgan fingerprint density at radius 1 is 1.16 bits per heavy atom. The number of hydrogen-bond donors (Lipinski definition) is 1. The summed E-state index contributed by atoms with van der Waals surface area (Å²) in [4.78, 5) is 11.5. The highest BCUT2D eigenvalue weighted by atomic mass is 32.2. The van der Waals surface area contributed by atoms with Gasteiger partial charge in [-0.1, -0.05) is 18.2 Å². The average Bonchev–Trinajstić information content (AvgIpc) is 2.94. The maximum absolute atomic E-state index is 13.8. The van der Waals surface area contributed by atoms with Crippen LogP contribution in [0.3, 0.4) is 0 Å². The molecule has 126 valence electrons. The van der Waals surface area contributed by atoms with Gasteiger partial charge in [0.15, 0.2) is 15.5 Å². The van der Waals surface area contributed by atoms with E-state index in [0.717, 1.165) is 12.1 Å². The van der Waals surface area contributed by atoms with Gasteiger partial charge in [-0.15, -0.1) is 0 Å². The maximum Gasteiger partial charge on any atom is 0.356 e.